The van der Waals surface area contributed by atoms with Gasteiger partial charge in [0.2, 0.25) is 0 Å². The maximum Gasteiger partial charge on any atom is 0.125 e. The zero-order chi connectivity index (χ0) is 23.3. The van der Waals surface area contributed by atoms with Crippen molar-refractivity contribution in [2.45, 2.75) is 97.9 Å². The zero-order valence-corrected chi connectivity index (χ0v) is 21.1. The largest absolute Gasteiger partial charge is 0.496 e. The van der Waals surface area contributed by atoms with Crippen LogP contribution in [0.25, 0.3) is 0 Å². The van der Waals surface area contributed by atoms with Gasteiger partial charge in [-0.1, -0.05) is 66.4 Å². The van der Waals surface area contributed by atoms with Gasteiger partial charge in [-0.05, 0) is 61.5 Å². The monoisotopic (exact) mass is 435 g/mol. The number of aliphatic hydroxyl groups is 1. The zero-order valence-electron chi connectivity index (χ0n) is 21.1. The van der Waals surface area contributed by atoms with E-state index in [1.807, 2.05) is 12.1 Å². The number of hydrogen-bond donors (Lipinski definition) is 2. The van der Waals surface area contributed by atoms with Crippen molar-refractivity contribution in [3.05, 3.63) is 23.8 Å². The molecule has 1 aromatic carbocycles. The smallest absolute Gasteiger partial charge is 0.125 e. The second-order valence-electron chi connectivity index (χ2n) is 10.4. The minimum Gasteiger partial charge on any atom is -0.496 e. The van der Waals surface area contributed by atoms with E-state index in [2.05, 4.69) is 40.7 Å². The maximum atomic E-state index is 9.75. The molecule has 4 nitrogen and oxygen atoms in total. The predicted octanol–water partition coefficient (Wildman–Crippen LogP) is 6.38. The number of nitrogens with two attached hydrogens (primary N) is 1. The minimum atomic E-state index is -0.541. The fraction of sp³-hybridized carbons (Fsp3) is 0.778. The molecule has 180 valence electrons. The summed E-state index contributed by atoms with van der Waals surface area (Å²) in [4.78, 5) is 0. The van der Waals surface area contributed by atoms with Crippen LogP contribution >= 0.6 is 0 Å². The molecule has 3 N–H and O–H groups in total. The molecule has 31 heavy (non-hydrogen) atoms. The number of unbranched alkanes of at least 4 members (excludes halogenated alkanes) is 1. The molecule has 0 aliphatic rings. The van der Waals surface area contributed by atoms with Crippen LogP contribution < -0.4 is 15.2 Å². The Morgan fingerprint density at radius 1 is 0.968 bits per heavy atom. The van der Waals surface area contributed by atoms with Crippen LogP contribution in [0.1, 0.15) is 91.5 Å². The number of aryl methyl sites for hydroxylation is 1. The summed E-state index contributed by atoms with van der Waals surface area (Å²) in [5, 5.41) is 9.75. The molecule has 1 aromatic rings. The highest BCUT2D eigenvalue weighted by atomic mass is 16.5. The topological polar surface area (TPSA) is 64.7 Å². The third-order valence-corrected chi connectivity index (χ3v) is 6.12. The lowest BCUT2D eigenvalue weighted by Gasteiger charge is -2.29. The minimum absolute atomic E-state index is 0.00499. The number of ether oxygens (including phenoxy) is 2. The first-order valence-corrected chi connectivity index (χ1v) is 12.4. The molecule has 1 unspecified atom stereocenters. The lowest BCUT2D eigenvalue weighted by Crippen LogP contribution is -2.45. The quantitative estimate of drug-likeness (QED) is 0.279. The molecule has 0 heterocycles. The molecule has 0 saturated heterocycles. The lowest BCUT2D eigenvalue weighted by atomic mass is 9.85. The van der Waals surface area contributed by atoms with Crippen molar-refractivity contribution in [3.63, 3.8) is 0 Å². The van der Waals surface area contributed by atoms with Crippen LogP contribution in [0.3, 0.4) is 0 Å². The summed E-state index contributed by atoms with van der Waals surface area (Å²) in [6, 6.07) is 6.06. The van der Waals surface area contributed by atoms with Crippen molar-refractivity contribution >= 4 is 0 Å². The molecule has 0 radical (unpaired) electrons. The van der Waals surface area contributed by atoms with Crippen LogP contribution in [0.15, 0.2) is 18.2 Å². The Morgan fingerprint density at radius 2 is 1.68 bits per heavy atom. The van der Waals surface area contributed by atoms with Crippen LogP contribution in [0, 0.1) is 17.8 Å². The van der Waals surface area contributed by atoms with E-state index in [1.54, 1.807) is 7.11 Å². The summed E-state index contributed by atoms with van der Waals surface area (Å²) >= 11 is 0. The highest BCUT2D eigenvalue weighted by molar-refractivity contribution is 5.41. The number of rotatable bonds is 17. The highest BCUT2D eigenvalue weighted by Crippen LogP contribution is 2.28. The Kier molecular flexibility index (Phi) is 13.2. The second-order valence-corrected chi connectivity index (χ2v) is 10.4. The van der Waals surface area contributed by atoms with Gasteiger partial charge in [0.15, 0.2) is 0 Å². The summed E-state index contributed by atoms with van der Waals surface area (Å²) in [7, 11) is 1.69. The SMILES string of the molecule is COc1cc(OCCCCC(C)CCCC(C)C)ccc1CC[C@@](N)(CO)CC(C)C. The van der Waals surface area contributed by atoms with Crippen LogP contribution in [0.2, 0.25) is 0 Å². The third-order valence-electron chi connectivity index (χ3n) is 6.12. The van der Waals surface area contributed by atoms with Crippen LogP contribution in [0.5, 0.6) is 11.5 Å². The average molecular weight is 436 g/mol. The molecule has 0 saturated carbocycles. The Labute approximate surface area is 191 Å². The van der Waals surface area contributed by atoms with Crippen LogP contribution in [0.4, 0.5) is 0 Å². The van der Waals surface area contributed by atoms with Crippen molar-refractivity contribution < 1.29 is 14.6 Å². The van der Waals surface area contributed by atoms with Gasteiger partial charge < -0.3 is 20.3 Å². The van der Waals surface area contributed by atoms with Gasteiger partial charge in [0, 0.05) is 11.6 Å². The first kappa shape index (κ1) is 27.8. The normalized spacial score (nSPS) is 14.6. The van der Waals surface area contributed by atoms with Gasteiger partial charge in [-0.25, -0.2) is 0 Å². The van der Waals surface area contributed by atoms with Crippen molar-refractivity contribution in [1.82, 2.24) is 0 Å². The van der Waals surface area contributed by atoms with Crippen molar-refractivity contribution in [2.24, 2.45) is 23.5 Å². The third kappa shape index (κ3) is 11.8. The van der Waals surface area contributed by atoms with Crippen LogP contribution in [-0.2, 0) is 6.42 Å². The summed E-state index contributed by atoms with van der Waals surface area (Å²) in [6.45, 7) is 12.0. The van der Waals surface area contributed by atoms with Crippen molar-refractivity contribution in [2.75, 3.05) is 20.3 Å². The molecular formula is C27H49NO3. The van der Waals surface area contributed by atoms with E-state index in [0.717, 1.165) is 61.2 Å². The fourth-order valence-corrected chi connectivity index (χ4v) is 4.27. The molecule has 0 bridgehead atoms. The number of hydrogen-bond acceptors (Lipinski definition) is 4. The molecule has 0 aliphatic carbocycles. The lowest BCUT2D eigenvalue weighted by molar-refractivity contribution is 0.165. The first-order valence-electron chi connectivity index (χ1n) is 12.4. The molecule has 4 heteroatoms. The summed E-state index contributed by atoms with van der Waals surface area (Å²) in [5.74, 6) is 3.77. The first-order chi connectivity index (χ1) is 14.7. The Morgan fingerprint density at radius 3 is 2.29 bits per heavy atom. The molecule has 0 aliphatic heterocycles. The predicted molar refractivity (Wildman–Crippen MR) is 132 cm³/mol. The van der Waals surface area contributed by atoms with Gasteiger partial charge in [-0.2, -0.15) is 0 Å². The molecule has 0 amide bonds. The molecule has 0 fully saturated rings. The van der Waals surface area contributed by atoms with Gasteiger partial charge in [0.25, 0.3) is 0 Å². The van der Waals surface area contributed by atoms with Crippen molar-refractivity contribution in [3.8, 4) is 11.5 Å². The van der Waals surface area contributed by atoms with E-state index >= 15 is 0 Å². The van der Waals surface area contributed by atoms with E-state index in [4.69, 9.17) is 15.2 Å². The number of aliphatic hydroxyl groups excluding tert-OH is 1. The van der Waals surface area contributed by atoms with E-state index in [-0.39, 0.29) is 6.61 Å². The van der Waals surface area contributed by atoms with E-state index in [1.165, 1.54) is 32.1 Å². The molecule has 1 rings (SSSR count). The molecule has 0 aromatic heterocycles. The molecule has 2 atom stereocenters. The van der Waals surface area contributed by atoms with Gasteiger partial charge in [-0.15, -0.1) is 0 Å². The van der Waals surface area contributed by atoms with E-state index in [9.17, 15) is 5.11 Å². The number of methoxy groups -OCH3 is 1. The van der Waals surface area contributed by atoms with Crippen molar-refractivity contribution in [1.29, 1.82) is 0 Å². The Hall–Kier alpha value is -1.26. The molecule has 0 spiro atoms. The highest BCUT2D eigenvalue weighted by Gasteiger charge is 2.25. The Balaban J connectivity index is 2.42. The maximum absolute atomic E-state index is 9.75. The number of benzene rings is 1. The molecular weight excluding hydrogens is 386 g/mol. The van der Waals surface area contributed by atoms with Gasteiger partial charge in [0.05, 0.1) is 20.3 Å². The average Bonchev–Trinajstić information content (AvgIpc) is 2.71. The summed E-state index contributed by atoms with van der Waals surface area (Å²) in [6.07, 6.45) is 9.94. The van der Waals surface area contributed by atoms with Crippen LogP contribution in [-0.4, -0.2) is 31.0 Å². The Bertz CT molecular complexity index is 602. The van der Waals surface area contributed by atoms with Gasteiger partial charge >= 0.3 is 0 Å². The summed E-state index contributed by atoms with van der Waals surface area (Å²) in [5.41, 5.74) is 6.97. The standard InChI is InChI=1S/C27H49NO3/c1-21(2)10-9-12-23(5)11-7-8-17-31-25-14-13-24(26(18-25)30-6)15-16-27(28,20-29)19-22(3)4/h13-14,18,21-23,29H,7-12,15-17,19-20,28H2,1-6H3/t23?,27-/m0/s1. The fourth-order valence-electron chi connectivity index (χ4n) is 4.27. The van der Waals surface area contributed by atoms with E-state index < -0.39 is 5.54 Å². The van der Waals surface area contributed by atoms with E-state index in [0.29, 0.717) is 5.92 Å². The van der Waals surface area contributed by atoms with Gasteiger partial charge in [-0.3, -0.25) is 0 Å². The second kappa shape index (κ2) is 14.7. The van der Waals surface area contributed by atoms with Gasteiger partial charge in [0.1, 0.15) is 11.5 Å². The summed E-state index contributed by atoms with van der Waals surface area (Å²) < 4.78 is 11.6.